The highest BCUT2D eigenvalue weighted by atomic mass is 32.2. The number of hydrogen-bond acceptors (Lipinski definition) is 7. The number of aliphatic hydroxyl groups is 1. The minimum absolute atomic E-state index is 0.0128. The van der Waals surface area contributed by atoms with Crippen LogP contribution in [0.5, 0.6) is 5.75 Å². The van der Waals surface area contributed by atoms with Crippen molar-refractivity contribution >= 4 is 31.5 Å². The number of methoxy groups -OCH3 is 1. The zero-order valence-corrected chi connectivity index (χ0v) is 16.3. The van der Waals surface area contributed by atoms with Crippen LogP contribution in [0.1, 0.15) is 13.8 Å². The fourth-order valence-electron chi connectivity index (χ4n) is 2.94. The molecule has 1 aliphatic rings. The van der Waals surface area contributed by atoms with E-state index in [1.807, 2.05) is 0 Å². The van der Waals surface area contributed by atoms with Gasteiger partial charge in [0.1, 0.15) is 5.75 Å². The molecule has 1 saturated heterocycles. The largest absolute Gasteiger partial charge is 0.495 e. The maximum Gasteiger partial charge on any atom is 0.243 e. The van der Waals surface area contributed by atoms with Crippen LogP contribution in [0.4, 0.5) is 5.69 Å². The number of ether oxygens (including phenoxy) is 1. The molecule has 11 heteroatoms. The van der Waals surface area contributed by atoms with Gasteiger partial charge >= 0.3 is 0 Å². The summed E-state index contributed by atoms with van der Waals surface area (Å²) in [6.45, 7) is 2.83. The molecule has 2 atom stereocenters. The van der Waals surface area contributed by atoms with Crippen molar-refractivity contribution in [3.05, 3.63) is 18.2 Å². The Bertz CT molecular complexity index is 897. The third-order valence-electron chi connectivity index (χ3n) is 4.06. The molecule has 0 saturated carbocycles. The number of anilines is 1. The van der Waals surface area contributed by atoms with Crippen LogP contribution < -0.4 is 10.1 Å². The summed E-state index contributed by atoms with van der Waals surface area (Å²) in [5, 5.41) is 12.5. The molecule has 1 heterocycles. The van der Waals surface area contributed by atoms with Gasteiger partial charge in [-0.15, -0.1) is 0 Å². The van der Waals surface area contributed by atoms with Crippen molar-refractivity contribution < 1.29 is 31.5 Å². The molecular formula is C15H22N2O7S2. The van der Waals surface area contributed by atoms with Gasteiger partial charge in [-0.1, -0.05) is 6.92 Å². The van der Waals surface area contributed by atoms with Crippen molar-refractivity contribution in [3.63, 3.8) is 0 Å². The number of likely N-dealkylation sites (N-methyl/N-ethyl adjacent to an activating group) is 1. The first-order chi connectivity index (χ1) is 12.0. The molecule has 9 nitrogen and oxygen atoms in total. The van der Waals surface area contributed by atoms with Gasteiger partial charge in [-0.05, 0) is 18.2 Å². The lowest BCUT2D eigenvalue weighted by atomic mass is 10.2. The van der Waals surface area contributed by atoms with Crippen molar-refractivity contribution in [2.75, 3.05) is 30.5 Å². The summed E-state index contributed by atoms with van der Waals surface area (Å²) in [4.78, 5) is 11.2. The summed E-state index contributed by atoms with van der Waals surface area (Å²) in [7, 11) is -6.23. The SMILES string of the molecule is CCN([C@@H]1CS(=O)(=O)C[C@@H]1O)S(=O)(=O)c1ccc(OC)c(NC(C)=O)c1. The Morgan fingerprint density at radius 2 is 2.04 bits per heavy atom. The lowest BCUT2D eigenvalue weighted by Gasteiger charge is -2.28. The molecule has 1 fully saturated rings. The molecule has 1 aromatic rings. The van der Waals surface area contributed by atoms with Crippen LogP contribution >= 0.6 is 0 Å². The number of nitrogens with zero attached hydrogens (tertiary/aromatic N) is 1. The van der Waals surface area contributed by atoms with E-state index in [9.17, 15) is 26.7 Å². The topological polar surface area (TPSA) is 130 Å². The molecule has 2 rings (SSSR count). The molecule has 2 N–H and O–H groups in total. The summed E-state index contributed by atoms with van der Waals surface area (Å²) in [6.07, 6.45) is -1.29. The van der Waals surface area contributed by atoms with Crippen LogP contribution in [0.2, 0.25) is 0 Å². The smallest absolute Gasteiger partial charge is 0.243 e. The minimum Gasteiger partial charge on any atom is -0.495 e. The van der Waals surface area contributed by atoms with Gasteiger partial charge in [-0.25, -0.2) is 16.8 Å². The van der Waals surface area contributed by atoms with Gasteiger partial charge in [0.15, 0.2) is 9.84 Å². The third-order valence-corrected chi connectivity index (χ3v) is 7.76. The lowest BCUT2D eigenvalue weighted by molar-refractivity contribution is -0.114. The molecule has 26 heavy (non-hydrogen) atoms. The Morgan fingerprint density at radius 1 is 1.38 bits per heavy atom. The Hall–Kier alpha value is -1.69. The number of aliphatic hydroxyl groups excluding tert-OH is 1. The number of hydrogen-bond donors (Lipinski definition) is 2. The number of rotatable bonds is 6. The summed E-state index contributed by atoms with van der Waals surface area (Å²) < 4.78 is 55.6. The molecule has 0 aliphatic carbocycles. The number of amides is 1. The number of benzene rings is 1. The predicted molar refractivity (Wildman–Crippen MR) is 95.3 cm³/mol. The number of carbonyl (C=O) groups excluding carboxylic acids is 1. The molecular weight excluding hydrogens is 384 g/mol. The van der Waals surface area contributed by atoms with Gasteiger partial charge in [0.2, 0.25) is 15.9 Å². The first-order valence-electron chi connectivity index (χ1n) is 7.87. The molecule has 0 spiro atoms. The average molecular weight is 406 g/mol. The fourth-order valence-corrected chi connectivity index (χ4v) is 6.52. The van der Waals surface area contributed by atoms with E-state index in [4.69, 9.17) is 4.74 Å². The molecule has 0 bridgehead atoms. The monoisotopic (exact) mass is 406 g/mol. The zero-order valence-electron chi connectivity index (χ0n) is 14.7. The van der Waals surface area contributed by atoms with Gasteiger partial charge in [0.05, 0.1) is 41.3 Å². The summed E-state index contributed by atoms with van der Waals surface area (Å²) >= 11 is 0. The highest BCUT2D eigenvalue weighted by Crippen LogP contribution is 2.31. The van der Waals surface area contributed by atoms with Crippen molar-refractivity contribution in [1.29, 1.82) is 0 Å². The minimum atomic E-state index is -4.10. The molecule has 0 unspecified atom stereocenters. The van der Waals surface area contributed by atoms with E-state index in [2.05, 4.69) is 5.32 Å². The van der Waals surface area contributed by atoms with Gasteiger partial charge in [0, 0.05) is 13.5 Å². The number of sulfonamides is 1. The number of sulfone groups is 1. The standard InChI is InChI=1S/C15H22N2O7S2/c1-4-17(13-8-25(20,21)9-14(13)19)26(22,23)11-5-6-15(24-3)12(7-11)16-10(2)18/h5-7,13-14,19H,4,8-9H2,1-3H3,(H,16,18)/t13-,14+/m1/s1. The fraction of sp³-hybridized carbons (Fsp3) is 0.533. The van der Waals surface area contributed by atoms with E-state index < -0.39 is 49.4 Å². The second kappa shape index (κ2) is 7.51. The Labute approximate surface area is 152 Å². The highest BCUT2D eigenvalue weighted by molar-refractivity contribution is 7.92. The van der Waals surface area contributed by atoms with Crippen LogP contribution in [0, 0.1) is 0 Å². The van der Waals surface area contributed by atoms with E-state index >= 15 is 0 Å². The molecule has 1 aliphatic heterocycles. The lowest BCUT2D eigenvalue weighted by Crippen LogP contribution is -2.46. The Balaban J connectivity index is 2.46. The molecule has 146 valence electrons. The van der Waals surface area contributed by atoms with E-state index in [-0.39, 0.29) is 22.9 Å². The second-order valence-electron chi connectivity index (χ2n) is 5.96. The van der Waals surface area contributed by atoms with Crippen molar-refractivity contribution in [1.82, 2.24) is 4.31 Å². The molecule has 0 radical (unpaired) electrons. The second-order valence-corrected chi connectivity index (χ2v) is 10.0. The van der Waals surface area contributed by atoms with Crippen LogP contribution in [-0.2, 0) is 24.7 Å². The zero-order chi connectivity index (χ0) is 19.7. The Morgan fingerprint density at radius 3 is 2.50 bits per heavy atom. The average Bonchev–Trinajstić information content (AvgIpc) is 2.79. The van der Waals surface area contributed by atoms with Crippen LogP contribution in [0.3, 0.4) is 0 Å². The van der Waals surface area contributed by atoms with Crippen molar-refractivity contribution in [2.45, 2.75) is 30.9 Å². The number of carbonyl (C=O) groups is 1. The molecule has 1 aromatic carbocycles. The summed E-state index contributed by atoms with van der Waals surface area (Å²) in [6, 6.07) is 2.89. The first kappa shape index (κ1) is 20.6. The predicted octanol–water partition coefficient (Wildman–Crippen LogP) is -0.178. The van der Waals surface area contributed by atoms with E-state index in [1.165, 1.54) is 32.2 Å². The van der Waals surface area contributed by atoms with E-state index in [0.29, 0.717) is 0 Å². The third kappa shape index (κ3) is 4.17. The number of nitrogens with one attached hydrogen (secondary N) is 1. The van der Waals surface area contributed by atoms with Crippen molar-refractivity contribution in [2.24, 2.45) is 0 Å². The van der Waals surface area contributed by atoms with Gasteiger partial charge in [-0.2, -0.15) is 4.31 Å². The summed E-state index contributed by atoms with van der Waals surface area (Å²) in [5.74, 6) is -1.02. The van der Waals surface area contributed by atoms with Crippen LogP contribution in [0.15, 0.2) is 23.1 Å². The molecule has 1 amide bonds. The normalized spacial score (nSPS) is 22.3. The van der Waals surface area contributed by atoms with Crippen LogP contribution in [-0.4, -0.2) is 69.5 Å². The Kier molecular flexibility index (Phi) is 5.95. The van der Waals surface area contributed by atoms with Crippen molar-refractivity contribution in [3.8, 4) is 5.75 Å². The maximum absolute atomic E-state index is 13.0. The highest BCUT2D eigenvalue weighted by Gasteiger charge is 2.44. The maximum atomic E-state index is 13.0. The van der Waals surface area contributed by atoms with Gasteiger partial charge < -0.3 is 15.2 Å². The van der Waals surface area contributed by atoms with E-state index in [0.717, 1.165) is 4.31 Å². The van der Waals surface area contributed by atoms with Crippen LogP contribution in [0.25, 0.3) is 0 Å². The van der Waals surface area contributed by atoms with Gasteiger partial charge in [-0.3, -0.25) is 4.79 Å². The van der Waals surface area contributed by atoms with Gasteiger partial charge in [0.25, 0.3) is 0 Å². The molecule has 0 aromatic heterocycles. The van der Waals surface area contributed by atoms with E-state index in [1.54, 1.807) is 6.92 Å². The first-order valence-corrected chi connectivity index (χ1v) is 11.1. The quantitative estimate of drug-likeness (QED) is 0.670. The summed E-state index contributed by atoms with van der Waals surface area (Å²) in [5.41, 5.74) is 0.178.